The van der Waals surface area contributed by atoms with Gasteiger partial charge in [-0.2, -0.15) is 0 Å². The molecule has 0 radical (unpaired) electrons. The van der Waals surface area contributed by atoms with E-state index >= 15 is 0 Å². The van der Waals surface area contributed by atoms with Gasteiger partial charge in [-0.05, 0) is 37.1 Å². The van der Waals surface area contributed by atoms with Crippen molar-refractivity contribution in [2.75, 3.05) is 25.0 Å². The second-order valence-corrected chi connectivity index (χ2v) is 7.59. The topological polar surface area (TPSA) is 86.8 Å². The lowest BCUT2D eigenvalue weighted by Crippen LogP contribution is -2.45. The number of hydrogen-bond donors (Lipinski definition) is 1. The van der Waals surface area contributed by atoms with Gasteiger partial charge in [-0.3, -0.25) is 24.1 Å². The quantitative estimate of drug-likeness (QED) is 0.775. The summed E-state index contributed by atoms with van der Waals surface area (Å²) < 4.78 is 0. The van der Waals surface area contributed by atoms with Gasteiger partial charge in [0.25, 0.3) is 11.8 Å². The Morgan fingerprint density at radius 2 is 1.57 bits per heavy atom. The smallest absolute Gasteiger partial charge is 0.261 e. The molecule has 2 heterocycles. The molecule has 0 bridgehead atoms. The van der Waals surface area contributed by atoms with Crippen LogP contribution < -0.4 is 5.32 Å². The minimum absolute atomic E-state index is 0.0442. The van der Waals surface area contributed by atoms with Crippen molar-refractivity contribution in [1.29, 1.82) is 0 Å². The number of hydrogen-bond acceptors (Lipinski definition) is 4. The summed E-state index contributed by atoms with van der Waals surface area (Å²) in [4.78, 5) is 53.0. The van der Waals surface area contributed by atoms with Gasteiger partial charge in [0.15, 0.2) is 0 Å². The van der Waals surface area contributed by atoms with Crippen LogP contribution in [0.2, 0.25) is 0 Å². The number of carbonyl (C=O) groups excluding carboxylic acids is 4. The first-order chi connectivity index (χ1) is 14.5. The van der Waals surface area contributed by atoms with E-state index in [4.69, 9.17) is 0 Å². The van der Waals surface area contributed by atoms with Gasteiger partial charge in [0.2, 0.25) is 11.8 Å². The van der Waals surface area contributed by atoms with Gasteiger partial charge in [0.1, 0.15) is 0 Å². The second-order valence-electron chi connectivity index (χ2n) is 7.59. The van der Waals surface area contributed by atoms with E-state index in [0.717, 1.165) is 23.4 Å². The molecule has 2 aliphatic heterocycles. The number of amides is 4. The predicted octanol–water partition coefficient (Wildman–Crippen LogP) is 2.55. The number of anilines is 1. The number of imide groups is 1. The van der Waals surface area contributed by atoms with E-state index in [1.807, 2.05) is 30.3 Å². The van der Waals surface area contributed by atoms with Gasteiger partial charge in [0, 0.05) is 31.7 Å². The number of likely N-dealkylation sites (tertiary alicyclic amines) is 1. The summed E-state index contributed by atoms with van der Waals surface area (Å²) in [5.74, 6) is -1.24. The standard InChI is InChI=1S/C23H23N3O4/c27-20(12-14-26-22(29)18-10-4-5-11-19(18)23(26)30)25-13-6-7-16(15-25)21(28)24-17-8-2-1-3-9-17/h1-5,8-11,16H,6-7,12-15H2,(H,24,28). The molecular weight excluding hydrogens is 382 g/mol. The molecule has 2 aromatic carbocycles. The molecule has 0 aromatic heterocycles. The van der Waals surface area contributed by atoms with Crippen LogP contribution in [0.1, 0.15) is 40.0 Å². The fourth-order valence-electron chi connectivity index (χ4n) is 3.99. The van der Waals surface area contributed by atoms with Gasteiger partial charge in [0.05, 0.1) is 17.0 Å². The highest BCUT2D eigenvalue weighted by Gasteiger charge is 2.36. The van der Waals surface area contributed by atoms with E-state index in [2.05, 4.69) is 5.32 Å². The van der Waals surface area contributed by atoms with Gasteiger partial charge < -0.3 is 10.2 Å². The molecule has 0 aliphatic carbocycles. The zero-order chi connectivity index (χ0) is 21.1. The fourth-order valence-corrected chi connectivity index (χ4v) is 3.99. The lowest BCUT2D eigenvalue weighted by Gasteiger charge is -2.32. The Kier molecular flexibility index (Phi) is 5.61. The SMILES string of the molecule is O=C(Nc1ccccc1)C1CCCN(C(=O)CCN2C(=O)c3ccccc3C2=O)C1. The normalized spacial score (nSPS) is 18.3. The van der Waals surface area contributed by atoms with Crippen LogP contribution in [0.15, 0.2) is 54.6 Å². The lowest BCUT2D eigenvalue weighted by atomic mass is 9.96. The van der Waals surface area contributed by atoms with E-state index in [1.54, 1.807) is 29.2 Å². The van der Waals surface area contributed by atoms with Gasteiger partial charge >= 0.3 is 0 Å². The molecule has 1 saturated heterocycles. The molecule has 1 atom stereocenters. The number of piperidine rings is 1. The summed E-state index contributed by atoms with van der Waals surface area (Å²) in [5, 5.41) is 2.90. The van der Waals surface area contributed by atoms with Gasteiger partial charge in [-0.15, -0.1) is 0 Å². The third-order valence-electron chi connectivity index (χ3n) is 5.61. The third-order valence-corrected chi connectivity index (χ3v) is 5.61. The van der Waals surface area contributed by atoms with Crippen molar-refractivity contribution in [2.45, 2.75) is 19.3 Å². The Balaban J connectivity index is 1.32. The van der Waals surface area contributed by atoms with Crippen molar-refractivity contribution in [1.82, 2.24) is 9.80 Å². The molecule has 4 rings (SSSR count). The molecule has 30 heavy (non-hydrogen) atoms. The Morgan fingerprint density at radius 1 is 0.933 bits per heavy atom. The molecule has 0 spiro atoms. The lowest BCUT2D eigenvalue weighted by molar-refractivity contribution is -0.134. The fraction of sp³-hybridized carbons (Fsp3) is 0.304. The first-order valence-corrected chi connectivity index (χ1v) is 10.1. The largest absolute Gasteiger partial charge is 0.342 e. The first kappa shape index (κ1) is 19.8. The Morgan fingerprint density at radius 3 is 2.23 bits per heavy atom. The first-order valence-electron chi connectivity index (χ1n) is 10.1. The number of nitrogens with one attached hydrogen (secondary N) is 1. The van der Waals surface area contributed by atoms with E-state index in [-0.39, 0.29) is 42.5 Å². The molecule has 4 amide bonds. The predicted molar refractivity (Wildman–Crippen MR) is 111 cm³/mol. The molecule has 2 aromatic rings. The van der Waals surface area contributed by atoms with Crippen LogP contribution in [0, 0.1) is 5.92 Å². The van der Waals surface area contributed by atoms with Gasteiger partial charge in [-0.25, -0.2) is 0 Å². The second kappa shape index (κ2) is 8.49. The average Bonchev–Trinajstić information content (AvgIpc) is 3.03. The highest BCUT2D eigenvalue weighted by molar-refractivity contribution is 6.21. The van der Waals surface area contributed by atoms with E-state index in [0.29, 0.717) is 24.2 Å². The van der Waals surface area contributed by atoms with Crippen LogP contribution in [-0.4, -0.2) is 53.1 Å². The average molecular weight is 405 g/mol. The van der Waals surface area contributed by atoms with Gasteiger partial charge in [-0.1, -0.05) is 30.3 Å². The number of para-hydroxylation sites is 1. The number of nitrogens with zero attached hydrogens (tertiary/aromatic N) is 2. The van der Waals surface area contributed by atoms with Crippen LogP contribution in [0.4, 0.5) is 5.69 Å². The van der Waals surface area contributed by atoms with Crippen LogP contribution in [0.3, 0.4) is 0 Å². The third kappa shape index (κ3) is 3.96. The van der Waals surface area contributed by atoms with E-state index in [1.165, 1.54) is 0 Å². The van der Waals surface area contributed by atoms with Crippen molar-refractivity contribution in [3.05, 3.63) is 65.7 Å². The van der Waals surface area contributed by atoms with Crippen molar-refractivity contribution in [2.24, 2.45) is 5.92 Å². The van der Waals surface area contributed by atoms with Crippen molar-refractivity contribution >= 4 is 29.3 Å². The summed E-state index contributed by atoms with van der Waals surface area (Å²) in [6.07, 6.45) is 1.52. The summed E-state index contributed by atoms with van der Waals surface area (Å²) in [5.41, 5.74) is 1.49. The monoisotopic (exact) mass is 405 g/mol. The maximum atomic E-state index is 12.7. The Hall–Kier alpha value is -3.48. The number of carbonyl (C=O) groups is 4. The van der Waals surface area contributed by atoms with E-state index < -0.39 is 0 Å². The molecule has 7 heteroatoms. The summed E-state index contributed by atoms with van der Waals surface area (Å²) >= 11 is 0. The molecular formula is C23H23N3O4. The Labute approximate surface area is 174 Å². The van der Waals surface area contributed by atoms with Crippen LogP contribution in [0.5, 0.6) is 0 Å². The molecule has 1 unspecified atom stereocenters. The maximum absolute atomic E-state index is 12.7. The molecule has 154 valence electrons. The number of benzene rings is 2. The molecule has 1 N–H and O–H groups in total. The molecule has 2 aliphatic rings. The Bertz CT molecular complexity index is 954. The van der Waals surface area contributed by atoms with Crippen LogP contribution >= 0.6 is 0 Å². The summed E-state index contributed by atoms with van der Waals surface area (Å²) in [6, 6.07) is 15.9. The van der Waals surface area contributed by atoms with Crippen molar-refractivity contribution < 1.29 is 19.2 Å². The minimum atomic E-state index is -0.359. The molecule has 0 saturated carbocycles. The van der Waals surface area contributed by atoms with E-state index in [9.17, 15) is 19.2 Å². The van der Waals surface area contributed by atoms with Crippen LogP contribution in [0.25, 0.3) is 0 Å². The minimum Gasteiger partial charge on any atom is -0.342 e. The highest BCUT2D eigenvalue weighted by atomic mass is 16.2. The van der Waals surface area contributed by atoms with Crippen molar-refractivity contribution in [3.8, 4) is 0 Å². The zero-order valence-corrected chi connectivity index (χ0v) is 16.5. The maximum Gasteiger partial charge on any atom is 0.261 e. The summed E-state index contributed by atoms with van der Waals surface area (Å²) in [6.45, 7) is 0.970. The van der Waals surface area contributed by atoms with Crippen molar-refractivity contribution in [3.63, 3.8) is 0 Å². The number of rotatable bonds is 5. The highest BCUT2D eigenvalue weighted by Crippen LogP contribution is 2.23. The van der Waals surface area contributed by atoms with Crippen LogP contribution in [-0.2, 0) is 9.59 Å². The molecule has 1 fully saturated rings. The zero-order valence-electron chi connectivity index (χ0n) is 16.5. The summed E-state index contributed by atoms with van der Waals surface area (Å²) in [7, 11) is 0. The molecule has 7 nitrogen and oxygen atoms in total. The number of fused-ring (bicyclic) bond motifs is 1.